The molecule has 2 aromatic carbocycles. The molecule has 1 heterocycles. The summed E-state index contributed by atoms with van der Waals surface area (Å²) in [5.74, 6) is 1.07. The summed E-state index contributed by atoms with van der Waals surface area (Å²) in [6.07, 6.45) is 1.17. The molecule has 0 spiro atoms. The van der Waals surface area contributed by atoms with E-state index in [4.69, 9.17) is 0 Å². The van der Waals surface area contributed by atoms with Gasteiger partial charge in [-0.2, -0.15) is 0 Å². The smallest absolute Gasteiger partial charge is 0.254 e. The first kappa shape index (κ1) is 11.5. The maximum absolute atomic E-state index is 12.1. The predicted molar refractivity (Wildman–Crippen MR) is 78.6 cm³/mol. The quantitative estimate of drug-likeness (QED) is 0.875. The molecule has 1 aliphatic carbocycles. The zero-order valence-corrected chi connectivity index (χ0v) is 11.0. The van der Waals surface area contributed by atoms with E-state index >= 15 is 0 Å². The normalized spacial score (nSPS) is 27.2. The molecule has 2 aliphatic rings. The second kappa shape index (κ2) is 4.37. The number of benzene rings is 2. The zero-order chi connectivity index (χ0) is 13.5. The summed E-state index contributed by atoms with van der Waals surface area (Å²) in [7, 11) is 0. The van der Waals surface area contributed by atoms with Gasteiger partial charge in [0.2, 0.25) is 0 Å². The van der Waals surface area contributed by atoms with Gasteiger partial charge in [-0.3, -0.25) is 4.79 Å². The topological polar surface area (TPSA) is 41.1 Å². The minimum absolute atomic E-state index is 0.0306. The van der Waals surface area contributed by atoms with Crippen LogP contribution in [-0.2, 0) is 0 Å². The zero-order valence-electron chi connectivity index (χ0n) is 11.0. The van der Waals surface area contributed by atoms with E-state index < -0.39 is 0 Å². The third-order valence-corrected chi connectivity index (χ3v) is 4.26. The molecular weight excluding hydrogens is 248 g/mol. The molecule has 4 rings (SSSR count). The third kappa shape index (κ3) is 1.86. The summed E-state index contributed by atoms with van der Waals surface area (Å²) in [4.78, 5) is 12.1. The van der Waals surface area contributed by atoms with Crippen molar-refractivity contribution in [3.8, 4) is 0 Å². The van der Waals surface area contributed by atoms with E-state index in [2.05, 4.69) is 34.9 Å². The molecule has 0 aromatic heterocycles. The van der Waals surface area contributed by atoms with Crippen LogP contribution in [0.3, 0.4) is 0 Å². The average Bonchev–Trinajstić information content (AvgIpc) is 3.29. The van der Waals surface area contributed by atoms with Gasteiger partial charge in [-0.25, -0.2) is 0 Å². The van der Waals surface area contributed by atoms with Crippen molar-refractivity contribution in [3.63, 3.8) is 0 Å². The van der Waals surface area contributed by atoms with Gasteiger partial charge in [-0.15, -0.1) is 0 Å². The molecule has 2 N–H and O–H groups in total. The largest absolute Gasteiger partial charge is 0.364 e. The molecule has 100 valence electrons. The summed E-state index contributed by atoms with van der Waals surface area (Å²) in [5, 5.41) is 6.54. The maximum Gasteiger partial charge on any atom is 0.254 e. The lowest BCUT2D eigenvalue weighted by Gasteiger charge is -2.28. The van der Waals surface area contributed by atoms with Crippen molar-refractivity contribution >= 4 is 11.6 Å². The minimum atomic E-state index is 0.0306. The number of hydrogen-bond acceptors (Lipinski definition) is 2. The van der Waals surface area contributed by atoms with Gasteiger partial charge in [0.1, 0.15) is 6.17 Å². The Morgan fingerprint density at radius 2 is 1.65 bits per heavy atom. The van der Waals surface area contributed by atoms with Gasteiger partial charge in [0.15, 0.2) is 0 Å². The van der Waals surface area contributed by atoms with E-state index in [0.717, 1.165) is 17.7 Å². The lowest BCUT2D eigenvalue weighted by Crippen LogP contribution is -2.46. The summed E-state index contributed by atoms with van der Waals surface area (Å²) in [6.45, 7) is 0. The Bertz CT molecular complexity index is 653. The molecule has 3 heteroatoms. The molecule has 0 bridgehead atoms. The summed E-state index contributed by atoms with van der Waals surface area (Å²) in [6, 6.07) is 18.2. The van der Waals surface area contributed by atoms with Gasteiger partial charge in [-0.05, 0) is 30.0 Å². The highest BCUT2D eigenvalue weighted by Crippen LogP contribution is 2.50. The average molecular weight is 264 g/mol. The highest BCUT2D eigenvalue weighted by Gasteiger charge is 2.45. The lowest BCUT2D eigenvalue weighted by atomic mass is 10.0. The second-order valence-corrected chi connectivity index (χ2v) is 5.56. The molecule has 1 amide bonds. The monoisotopic (exact) mass is 264 g/mol. The van der Waals surface area contributed by atoms with Gasteiger partial charge in [0, 0.05) is 11.6 Å². The summed E-state index contributed by atoms with van der Waals surface area (Å²) >= 11 is 0. The fraction of sp³-hybridized carbons (Fsp3) is 0.235. The Balaban J connectivity index is 1.54. The first-order chi connectivity index (χ1) is 9.83. The second-order valence-electron chi connectivity index (χ2n) is 5.56. The van der Waals surface area contributed by atoms with Crippen LogP contribution in [0.5, 0.6) is 0 Å². The Morgan fingerprint density at radius 3 is 2.50 bits per heavy atom. The Kier molecular flexibility index (Phi) is 2.52. The number of para-hydroxylation sites is 1. The van der Waals surface area contributed by atoms with Crippen LogP contribution in [0.1, 0.15) is 28.3 Å². The van der Waals surface area contributed by atoms with Crippen LogP contribution in [0.4, 0.5) is 5.69 Å². The van der Waals surface area contributed by atoms with Crippen molar-refractivity contribution in [3.05, 3.63) is 65.7 Å². The van der Waals surface area contributed by atoms with E-state index in [9.17, 15) is 4.79 Å². The molecular formula is C17H16N2O. The van der Waals surface area contributed by atoms with E-state index in [1.165, 1.54) is 5.56 Å². The fourth-order valence-corrected chi connectivity index (χ4v) is 3.11. The van der Waals surface area contributed by atoms with Crippen LogP contribution < -0.4 is 10.6 Å². The van der Waals surface area contributed by atoms with Crippen molar-refractivity contribution in [2.45, 2.75) is 18.5 Å². The van der Waals surface area contributed by atoms with Crippen molar-refractivity contribution in [2.75, 3.05) is 5.32 Å². The molecule has 3 atom stereocenters. The number of carbonyl (C=O) groups excluding carboxylic acids is 1. The van der Waals surface area contributed by atoms with Gasteiger partial charge in [0.25, 0.3) is 5.91 Å². The predicted octanol–water partition coefficient (Wildman–Crippen LogP) is 2.97. The SMILES string of the molecule is O=C1N[C@@H](C2CC2c2ccccc2)Nc2ccccc21. The van der Waals surface area contributed by atoms with Crippen LogP contribution in [0.25, 0.3) is 0 Å². The van der Waals surface area contributed by atoms with E-state index in [1.807, 2.05) is 30.3 Å². The third-order valence-electron chi connectivity index (χ3n) is 4.26. The number of nitrogens with one attached hydrogen (secondary N) is 2. The molecule has 2 unspecified atom stereocenters. The highest BCUT2D eigenvalue weighted by atomic mass is 16.2. The summed E-state index contributed by atoms with van der Waals surface area (Å²) in [5.41, 5.74) is 3.05. The molecule has 2 aromatic rings. The van der Waals surface area contributed by atoms with Crippen LogP contribution in [0.2, 0.25) is 0 Å². The van der Waals surface area contributed by atoms with E-state index in [0.29, 0.717) is 11.8 Å². The Hall–Kier alpha value is -2.29. The van der Waals surface area contributed by atoms with Crippen molar-refractivity contribution in [2.24, 2.45) is 5.92 Å². The molecule has 1 fully saturated rings. The van der Waals surface area contributed by atoms with Crippen LogP contribution in [0, 0.1) is 5.92 Å². The number of amides is 1. The maximum atomic E-state index is 12.1. The minimum Gasteiger partial charge on any atom is -0.364 e. The van der Waals surface area contributed by atoms with Crippen LogP contribution in [-0.4, -0.2) is 12.1 Å². The molecule has 0 radical (unpaired) electrons. The van der Waals surface area contributed by atoms with Gasteiger partial charge < -0.3 is 10.6 Å². The number of anilines is 1. The fourth-order valence-electron chi connectivity index (χ4n) is 3.11. The Labute approximate surface area is 118 Å². The first-order valence-corrected chi connectivity index (χ1v) is 7.04. The van der Waals surface area contributed by atoms with Gasteiger partial charge in [-0.1, -0.05) is 42.5 Å². The van der Waals surface area contributed by atoms with Crippen LogP contribution in [0.15, 0.2) is 54.6 Å². The van der Waals surface area contributed by atoms with Crippen molar-refractivity contribution < 1.29 is 4.79 Å². The highest BCUT2D eigenvalue weighted by molar-refractivity contribution is 6.01. The van der Waals surface area contributed by atoms with Crippen molar-refractivity contribution in [1.82, 2.24) is 5.32 Å². The Morgan fingerprint density at radius 1 is 0.900 bits per heavy atom. The lowest BCUT2D eigenvalue weighted by molar-refractivity contribution is 0.0931. The van der Waals surface area contributed by atoms with Crippen LogP contribution >= 0.6 is 0 Å². The number of fused-ring (bicyclic) bond motifs is 1. The van der Waals surface area contributed by atoms with E-state index in [-0.39, 0.29) is 12.1 Å². The number of hydrogen-bond donors (Lipinski definition) is 2. The molecule has 3 nitrogen and oxygen atoms in total. The number of carbonyl (C=O) groups is 1. The standard InChI is InChI=1S/C17H16N2O/c20-17-12-8-4-5-9-15(12)18-16(19-17)14-10-13(14)11-6-2-1-3-7-11/h1-9,13-14,16,18H,10H2,(H,19,20)/t13?,14?,16-/m0/s1. The van der Waals surface area contributed by atoms with Gasteiger partial charge in [0.05, 0.1) is 5.56 Å². The van der Waals surface area contributed by atoms with E-state index in [1.54, 1.807) is 0 Å². The molecule has 1 saturated carbocycles. The molecule has 1 aliphatic heterocycles. The number of rotatable bonds is 2. The van der Waals surface area contributed by atoms with Gasteiger partial charge >= 0.3 is 0 Å². The molecule has 0 saturated heterocycles. The molecule has 20 heavy (non-hydrogen) atoms. The summed E-state index contributed by atoms with van der Waals surface area (Å²) < 4.78 is 0. The first-order valence-electron chi connectivity index (χ1n) is 7.04. The van der Waals surface area contributed by atoms with Crippen molar-refractivity contribution in [1.29, 1.82) is 0 Å².